The minimum Gasteiger partial charge on any atom is -0.493 e. The number of carbonyl (C=O) groups excluding carboxylic acids is 2. The Morgan fingerprint density at radius 3 is 2.42 bits per heavy atom. The van der Waals surface area contributed by atoms with E-state index in [1.807, 2.05) is 0 Å². The average molecular weight is 264 g/mol. The van der Waals surface area contributed by atoms with Crippen molar-refractivity contribution in [1.82, 2.24) is 0 Å². The van der Waals surface area contributed by atoms with Gasteiger partial charge in [0.15, 0.2) is 17.1 Å². The van der Waals surface area contributed by atoms with Crippen molar-refractivity contribution in [2.24, 2.45) is 0 Å². The van der Waals surface area contributed by atoms with Crippen molar-refractivity contribution in [3.63, 3.8) is 0 Å². The summed E-state index contributed by atoms with van der Waals surface area (Å²) in [7, 11) is 2.99. The van der Waals surface area contributed by atoms with Gasteiger partial charge in [0.1, 0.15) is 6.61 Å². The van der Waals surface area contributed by atoms with Gasteiger partial charge >= 0.3 is 11.9 Å². The second kappa shape index (κ2) is 3.88. The number of hydrogen-bond donors (Lipinski definition) is 0. The number of methoxy groups -OCH3 is 2. The monoisotopic (exact) mass is 264 g/mol. The topological polar surface area (TPSA) is 71.1 Å². The molecule has 19 heavy (non-hydrogen) atoms. The van der Waals surface area contributed by atoms with Gasteiger partial charge in [-0.3, -0.25) is 4.79 Å². The molecule has 1 spiro atoms. The number of cyclic esters (lactones) is 1. The molecule has 2 aliphatic heterocycles. The summed E-state index contributed by atoms with van der Waals surface area (Å²) in [4.78, 5) is 23.2. The third-order valence-electron chi connectivity index (χ3n) is 3.42. The van der Waals surface area contributed by atoms with Crippen LogP contribution >= 0.6 is 0 Å². The van der Waals surface area contributed by atoms with Crippen molar-refractivity contribution in [2.75, 3.05) is 20.8 Å². The van der Waals surface area contributed by atoms with Crippen LogP contribution in [0.2, 0.25) is 0 Å². The quantitative estimate of drug-likeness (QED) is 0.742. The van der Waals surface area contributed by atoms with Crippen molar-refractivity contribution in [3.8, 4) is 11.5 Å². The Morgan fingerprint density at radius 2 is 1.84 bits per heavy atom. The van der Waals surface area contributed by atoms with Crippen molar-refractivity contribution >= 4 is 11.9 Å². The largest absolute Gasteiger partial charge is 0.493 e. The molecular weight excluding hydrogens is 252 g/mol. The summed E-state index contributed by atoms with van der Waals surface area (Å²) in [6, 6.07) is 3.23. The van der Waals surface area contributed by atoms with Gasteiger partial charge in [-0.05, 0) is 12.1 Å². The Labute approximate surface area is 109 Å². The first-order valence-electron chi connectivity index (χ1n) is 5.75. The Hall–Kier alpha value is -2.24. The van der Waals surface area contributed by atoms with Crippen LogP contribution in [0, 0.1) is 0 Å². The molecule has 0 amide bonds. The Bertz CT molecular complexity index is 579. The number of esters is 2. The highest BCUT2D eigenvalue weighted by molar-refractivity contribution is 5.97. The second-order valence-electron chi connectivity index (χ2n) is 4.47. The fraction of sp³-hybridized carbons (Fsp3) is 0.385. The molecular formula is C13H12O6. The van der Waals surface area contributed by atoms with Crippen LogP contribution in [0.15, 0.2) is 12.1 Å². The summed E-state index contributed by atoms with van der Waals surface area (Å²) in [6.45, 7) is 0.0417. The molecule has 1 aromatic carbocycles. The van der Waals surface area contributed by atoms with E-state index in [0.29, 0.717) is 22.6 Å². The van der Waals surface area contributed by atoms with Gasteiger partial charge < -0.3 is 18.9 Å². The summed E-state index contributed by atoms with van der Waals surface area (Å²) in [5.41, 5.74) is -0.0137. The zero-order valence-corrected chi connectivity index (χ0v) is 10.5. The highest BCUT2D eigenvalue weighted by atomic mass is 16.6. The Kier molecular flexibility index (Phi) is 2.41. The molecule has 1 atom stereocenters. The normalized spacial score (nSPS) is 24.1. The van der Waals surface area contributed by atoms with Crippen LogP contribution < -0.4 is 9.47 Å². The third-order valence-corrected chi connectivity index (χ3v) is 3.42. The molecule has 1 saturated heterocycles. The highest BCUT2D eigenvalue weighted by Gasteiger charge is 2.52. The zero-order valence-electron chi connectivity index (χ0n) is 10.5. The second-order valence-corrected chi connectivity index (χ2v) is 4.47. The van der Waals surface area contributed by atoms with Crippen LogP contribution in [-0.4, -0.2) is 32.8 Å². The van der Waals surface area contributed by atoms with Gasteiger partial charge in [0.25, 0.3) is 0 Å². The summed E-state index contributed by atoms with van der Waals surface area (Å²) in [6.07, 6.45) is 0.0290. The molecule has 6 heteroatoms. The van der Waals surface area contributed by atoms with E-state index in [-0.39, 0.29) is 19.0 Å². The number of carbonyl (C=O) groups is 2. The maximum Gasteiger partial charge on any atom is 0.339 e. The molecule has 1 aromatic rings. The van der Waals surface area contributed by atoms with Crippen LogP contribution in [0.3, 0.4) is 0 Å². The Morgan fingerprint density at radius 1 is 1.16 bits per heavy atom. The predicted molar refractivity (Wildman–Crippen MR) is 62.2 cm³/mol. The van der Waals surface area contributed by atoms with Crippen molar-refractivity contribution in [1.29, 1.82) is 0 Å². The zero-order chi connectivity index (χ0) is 13.6. The Balaban J connectivity index is 2.16. The van der Waals surface area contributed by atoms with Gasteiger partial charge in [0.05, 0.1) is 26.2 Å². The van der Waals surface area contributed by atoms with Crippen molar-refractivity contribution < 1.29 is 28.5 Å². The minimum absolute atomic E-state index is 0.0290. The van der Waals surface area contributed by atoms with Crippen molar-refractivity contribution in [2.45, 2.75) is 12.0 Å². The third kappa shape index (κ3) is 1.56. The standard InChI is InChI=1S/C13H12O6/c1-16-9-3-7-8(4-10(9)17-2)13(19-12(7)15)5-11(14)18-6-13/h3-4H,5-6H2,1-2H3. The SMILES string of the molecule is COc1cc2c(cc1OC)C1(COC(=O)C1)OC2=O. The van der Waals surface area contributed by atoms with Gasteiger partial charge in [0.2, 0.25) is 0 Å². The lowest BCUT2D eigenvalue weighted by molar-refractivity contribution is -0.137. The lowest BCUT2D eigenvalue weighted by Gasteiger charge is -2.19. The van der Waals surface area contributed by atoms with Crippen LogP contribution in [-0.2, 0) is 19.9 Å². The molecule has 0 aliphatic carbocycles. The fourth-order valence-corrected chi connectivity index (χ4v) is 2.48. The molecule has 100 valence electrons. The number of benzene rings is 1. The molecule has 1 unspecified atom stereocenters. The van der Waals surface area contributed by atoms with Gasteiger partial charge in [-0.2, -0.15) is 0 Å². The van der Waals surface area contributed by atoms with Gasteiger partial charge in [0, 0.05) is 5.56 Å². The fourth-order valence-electron chi connectivity index (χ4n) is 2.48. The highest BCUT2D eigenvalue weighted by Crippen LogP contribution is 2.46. The number of rotatable bonds is 2. The molecule has 2 aliphatic rings. The molecule has 2 heterocycles. The maximum atomic E-state index is 11.9. The van der Waals surface area contributed by atoms with E-state index in [0.717, 1.165) is 0 Å². The number of fused-ring (bicyclic) bond motifs is 2. The maximum absolute atomic E-state index is 11.9. The molecule has 0 radical (unpaired) electrons. The molecule has 0 bridgehead atoms. The summed E-state index contributed by atoms with van der Waals surface area (Å²) in [5, 5.41) is 0. The van der Waals surface area contributed by atoms with E-state index < -0.39 is 11.6 Å². The van der Waals surface area contributed by atoms with E-state index in [4.69, 9.17) is 18.9 Å². The molecule has 0 N–H and O–H groups in total. The number of hydrogen-bond acceptors (Lipinski definition) is 6. The van der Waals surface area contributed by atoms with Gasteiger partial charge in [-0.25, -0.2) is 4.79 Å². The minimum atomic E-state index is -1.01. The van der Waals surface area contributed by atoms with E-state index >= 15 is 0 Å². The molecule has 1 fully saturated rings. The smallest absolute Gasteiger partial charge is 0.339 e. The predicted octanol–water partition coefficient (Wildman–Crippen LogP) is 1.02. The van der Waals surface area contributed by atoms with Crippen LogP contribution in [0.4, 0.5) is 0 Å². The molecule has 0 saturated carbocycles. The van der Waals surface area contributed by atoms with Gasteiger partial charge in [-0.1, -0.05) is 0 Å². The first-order valence-corrected chi connectivity index (χ1v) is 5.75. The van der Waals surface area contributed by atoms with Crippen LogP contribution in [0.1, 0.15) is 22.3 Å². The lowest BCUT2D eigenvalue weighted by Crippen LogP contribution is -2.26. The van der Waals surface area contributed by atoms with E-state index in [1.165, 1.54) is 14.2 Å². The molecule has 6 nitrogen and oxygen atoms in total. The lowest BCUT2D eigenvalue weighted by atomic mass is 9.91. The van der Waals surface area contributed by atoms with Crippen LogP contribution in [0.25, 0.3) is 0 Å². The first kappa shape index (κ1) is 11.8. The van der Waals surface area contributed by atoms with E-state index in [2.05, 4.69) is 0 Å². The molecule has 3 rings (SSSR count). The van der Waals surface area contributed by atoms with E-state index in [1.54, 1.807) is 12.1 Å². The number of ether oxygens (including phenoxy) is 4. The van der Waals surface area contributed by atoms with E-state index in [9.17, 15) is 9.59 Å². The summed E-state index contributed by atoms with van der Waals surface area (Å²) in [5.74, 6) is 0.0726. The molecule has 0 aromatic heterocycles. The van der Waals surface area contributed by atoms with Crippen LogP contribution in [0.5, 0.6) is 11.5 Å². The summed E-state index contributed by atoms with van der Waals surface area (Å²) >= 11 is 0. The average Bonchev–Trinajstić information content (AvgIpc) is 2.90. The van der Waals surface area contributed by atoms with Gasteiger partial charge in [-0.15, -0.1) is 0 Å². The first-order chi connectivity index (χ1) is 9.09. The summed E-state index contributed by atoms with van der Waals surface area (Å²) < 4.78 is 20.7. The van der Waals surface area contributed by atoms with Crippen molar-refractivity contribution in [3.05, 3.63) is 23.3 Å².